The molecule has 1 heterocycles. The third-order valence-electron chi connectivity index (χ3n) is 2.72. The Morgan fingerprint density at radius 1 is 1.32 bits per heavy atom. The van der Waals surface area contributed by atoms with E-state index in [1.807, 2.05) is 6.07 Å². The van der Waals surface area contributed by atoms with E-state index in [-0.39, 0.29) is 10.6 Å². The molecule has 0 aliphatic carbocycles. The van der Waals surface area contributed by atoms with E-state index in [9.17, 15) is 10.1 Å². The summed E-state index contributed by atoms with van der Waals surface area (Å²) in [5.74, 6) is 0. The first-order chi connectivity index (χ1) is 9.15. The zero-order valence-electron chi connectivity index (χ0n) is 10.7. The van der Waals surface area contributed by atoms with E-state index in [1.165, 1.54) is 17.6 Å². The lowest BCUT2D eigenvalue weighted by atomic mass is 10.2. The fraction of sp³-hybridized carbons (Fsp3) is 0.333. The topological polar surface area (TPSA) is 59.0 Å². The summed E-state index contributed by atoms with van der Waals surface area (Å²) in [5.41, 5.74) is 0.899. The van der Waals surface area contributed by atoms with Crippen LogP contribution >= 0.6 is 22.9 Å². The second-order valence-corrected chi connectivity index (χ2v) is 5.82. The summed E-state index contributed by atoms with van der Waals surface area (Å²) in [6.07, 6.45) is 0. The van der Waals surface area contributed by atoms with Crippen LogP contribution in [0.3, 0.4) is 0 Å². The van der Waals surface area contributed by atoms with E-state index in [4.69, 9.17) is 0 Å². The Kier molecular flexibility index (Phi) is 4.39. The van der Waals surface area contributed by atoms with E-state index in [0.717, 1.165) is 27.6 Å². The van der Waals surface area contributed by atoms with Gasteiger partial charge in [-0.2, -0.15) is 4.37 Å². The maximum atomic E-state index is 10.8. The number of nitro groups is 1. The molecular formula is C12H14N3O2S2+. The van der Waals surface area contributed by atoms with Crippen molar-refractivity contribution in [1.82, 2.24) is 8.95 Å². The molecule has 0 saturated heterocycles. The van der Waals surface area contributed by atoms with Crippen molar-refractivity contribution in [3.63, 3.8) is 0 Å². The van der Waals surface area contributed by atoms with Crippen LogP contribution in [0.1, 0.15) is 13.8 Å². The van der Waals surface area contributed by atoms with Crippen molar-refractivity contribution in [3.05, 3.63) is 38.4 Å². The number of benzene rings is 1. The summed E-state index contributed by atoms with van der Waals surface area (Å²) in [7, 11) is 0. The monoisotopic (exact) mass is 296 g/mol. The summed E-state index contributed by atoms with van der Waals surface area (Å²) in [6, 6.07) is 6.60. The average molecular weight is 296 g/mol. The van der Waals surface area contributed by atoms with E-state index in [1.54, 1.807) is 23.5 Å². The van der Waals surface area contributed by atoms with Crippen molar-refractivity contribution >= 4 is 28.6 Å². The molecule has 19 heavy (non-hydrogen) atoms. The second kappa shape index (κ2) is 6.03. The summed E-state index contributed by atoms with van der Waals surface area (Å²) in [4.78, 5) is 10.4. The van der Waals surface area contributed by atoms with Crippen molar-refractivity contribution < 1.29 is 4.92 Å². The molecule has 2 aromatic rings. The molecule has 0 aliphatic heterocycles. The first kappa shape index (κ1) is 13.8. The molecule has 0 amide bonds. The van der Waals surface area contributed by atoms with Gasteiger partial charge in [0.2, 0.25) is 0 Å². The third-order valence-corrected chi connectivity index (χ3v) is 4.95. The minimum absolute atomic E-state index is 0.0992. The van der Waals surface area contributed by atoms with E-state index in [2.05, 4.69) is 22.8 Å². The molecule has 2 rings (SSSR count). The molecule has 0 radical (unpaired) electrons. The lowest BCUT2D eigenvalue weighted by molar-refractivity contribution is -0.384. The molecule has 0 fully saturated rings. The third kappa shape index (κ3) is 3.05. The Balaban J connectivity index is 2.46. The molecule has 0 aliphatic rings. The highest BCUT2D eigenvalue weighted by Gasteiger charge is 2.12. The van der Waals surface area contributed by atoms with Crippen LogP contribution < -0.4 is 8.56 Å². The highest BCUT2D eigenvalue weighted by Crippen LogP contribution is 2.24. The van der Waals surface area contributed by atoms with Crippen LogP contribution in [-0.2, 0) is 0 Å². The number of hydrogen-bond donors (Lipinski definition) is 0. The Labute approximate surface area is 118 Å². The van der Waals surface area contributed by atoms with Gasteiger partial charge in [0.25, 0.3) is 5.69 Å². The molecule has 5 nitrogen and oxygen atoms in total. The zero-order chi connectivity index (χ0) is 13.8. The second-order valence-electron chi connectivity index (χ2n) is 3.84. The number of nitro benzene ring substituents is 1. The van der Waals surface area contributed by atoms with Crippen LogP contribution in [0.5, 0.6) is 0 Å². The standard InChI is InChI=1S/C12H14N3O2S2/c1-3-14(4-2)12-18-11(13-19-12)9-6-5-7-10(8-9)15(16)17/h5-8H,3-4H2,1-2H3/q+1. The predicted molar refractivity (Wildman–Crippen MR) is 78.4 cm³/mol. The number of rotatable bonds is 4. The van der Waals surface area contributed by atoms with Crippen LogP contribution in [0, 0.1) is 10.1 Å². The van der Waals surface area contributed by atoms with Crippen LogP contribution in [0.2, 0.25) is 0 Å². The van der Waals surface area contributed by atoms with Gasteiger partial charge >= 0.3 is 3.98 Å². The molecular weight excluding hydrogens is 282 g/mol. The van der Waals surface area contributed by atoms with Gasteiger partial charge in [0, 0.05) is 29.2 Å². The number of aromatic nitrogens is 1. The van der Waals surface area contributed by atoms with Gasteiger partial charge in [-0.25, -0.2) is 4.58 Å². The molecule has 1 aromatic carbocycles. The normalized spacial score (nSPS) is 10.4. The average Bonchev–Trinajstić information content (AvgIpc) is 2.90. The van der Waals surface area contributed by atoms with Crippen molar-refractivity contribution in [2.45, 2.75) is 13.8 Å². The van der Waals surface area contributed by atoms with Crippen LogP contribution in [0.4, 0.5) is 5.69 Å². The lowest BCUT2D eigenvalue weighted by Crippen LogP contribution is -2.25. The first-order valence-corrected chi connectivity index (χ1v) is 7.54. The molecule has 100 valence electrons. The van der Waals surface area contributed by atoms with Gasteiger partial charge in [-0.3, -0.25) is 10.1 Å². The lowest BCUT2D eigenvalue weighted by Gasteiger charge is -1.94. The van der Waals surface area contributed by atoms with Crippen molar-refractivity contribution in [3.8, 4) is 10.6 Å². The van der Waals surface area contributed by atoms with Gasteiger partial charge in [-0.05, 0) is 25.2 Å². The summed E-state index contributed by atoms with van der Waals surface area (Å²) >= 11 is 3.01. The quantitative estimate of drug-likeness (QED) is 0.495. The summed E-state index contributed by atoms with van der Waals surface area (Å²) in [6.45, 7) is 6.07. The summed E-state index contributed by atoms with van der Waals surface area (Å²) < 4.78 is 7.76. The van der Waals surface area contributed by atoms with E-state index >= 15 is 0 Å². The highest BCUT2D eigenvalue weighted by molar-refractivity contribution is 7.25. The molecule has 0 atom stereocenters. The number of hydrogen-bond acceptors (Lipinski definition) is 5. The van der Waals surface area contributed by atoms with Gasteiger partial charge < -0.3 is 0 Å². The molecule has 1 aromatic heterocycles. The van der Waals surface area contributed by atoms with Crippen LogP contribution in [-0.4, -0.2) is 22.4 Å². The van der Waals surface area contributed by atoms with E-state index < -0.39 is 0 Å². The number of nitrogens with zero attached hydrogens (tertiary/aromatic N) is 3. The zero-order valence-corrected chi connectivity index (χ0v) is 12.3. The van der Waals surface area contributed by atoms with Crippen LogP contribution in [0.25, 0.3) is 10.6 Å². The SMILES string of the molecule is CC[N+](CC)=c1snc(-c2cccc([N+](=O)[O-])c2)s1. The highest BCUT2D eigenvalue weighted by atomic mass is 32.2. The molecule has 0 N–H and O–H groups in total. The summed E-state index contributed by atoms with van der Waals surface area (Å²) in [5, 5.41) is 11.6. The van der Waals surface area contributed by atoms with Crippen molar-refractivity contribution in [1.29, 1.82) is 0 Å². The van der Waals surface area contributed by atoms with Crippen LogP contribution in [0.15, 0.2) is 24.3 Å². The van der Waals surface area contributed by atoms with E-state index in [0.29, 0.717) is 0 Å². The van der Waals surface area contributed by atoms with Gasteiger partial charge in [0.15, 0.2) is 0 Å². The minimum atomic E-state index is -0.383. The van der Waals surface area contributed by atoms with Gasteiger partial charge in [0.1, 0.15) is 18.1 Å². The smallest absolute Gasteiger partial charge is 0.258 e. The Hall–Kier alpha value is -1.60. The molecule has 0 unspecified atom stereocenters. The molecule has 0 saturated carbocycles. The Bertz CT molecular complexity index is 655. The fourth-order valence-electron chi connectivity index (χ4n) is 1.67. The molecule has 7 heteroatoms. The van der Waals surface area contributed by atoms with Gasteiger partial charge in [-0.15, -0.1) is 0 Å². The number of non-ortho nitro benzene ring substituents is 1. The molecule has 0 bridgehead atoms. The van der Waals surface area contributed by atoms with Gasteiger partial charge in [0.05, 0.1) is 4.92 Å². The largest absolute Gasteiger partial charge is 0.333 e. The van der Waals surface area contributed by atoms with Crippen molar-refractivity contribution in [2.24, 2.45) is 0 Å². The predicted octanol–water partition coefficient (Wildman–Crippen LogP) is 2.59. The van der Waals surface area contributed by atoms with Gasteiger partial charge in [-0.1, -0.05) is 12.1 Å². The van der Waals surface area contributed by atoms with Crippen molar-refractivity contribution in [2.75, 3.05) is 13.1 Å². The first-order valence-electron chi connectivity index (χ1n) is 5.95. The Morgan fingerprint density at radius 2 is 2.05 bits per heavy atom. The maximum absolute atomic E-state index is 10.8. The Morgan fingerprint density at radius 3 is 2.68 bits per heavy atom. The maximum Gasteiger partial charge on any atom is 0.333 e. The minimum Gasteiger partial charge on any atom is -0.258 e. The molecule has 0 spiro atoms. The fourth-order valence-corrected chi connectivity index (χ4v) is 3.86.